The number of fused-ring (bicyclic) bond motifs is 3. The molecule has 3 aromatic heterocycles. The van der Waals surface area contributed by atoms with Crippen molar-refractivity contribution in [3.63, 3.8) is 0 Å². The fourth-order valence-corrected chi connectivity index (χ4v) is 2.72. The van der Waals surface area contributed by atoms with E-state index < -0.39 is 11.3 Å². The van der Waals surface area contributed by atoms with Crippen molar-refractivity contribution in [2.24, 2.45) is 0 Å². The van der Waals surface area contributed by atoms with Gasteiger partial charge in [-0.05, 0) is 29.8 Å². The van der Waals surface area contributed by atoms with Crippen molar-refractivity contribution < 1.29 is 13.7 Å². The lowest BCUT2D eigenvalue weighted by Gasteiger charge is -2.04. The number of hydrogen-bond acceptors (Lipinski definition) is 8. The van der Waals surface area contributed by atoms with Crippen molar-refractivity contribution in [1.29, 1.82) is 0 Å². The fourth-order valence-electron chi connectivity index (χ4n) is 2.72. The fraction of sp³-hybridized carbons (Fsp3) is 0. The average Bonchev–Trinajstić information content (AvgIpc) is 3.06. The van der Waals surface area contributed by atoms with Gasteiger partial charge in [-0.15, -0.1) is 4.57 Å². The molecule has 28 heavy (non-hydrogen) atoms. The van der Waals surface area contributed by atoms with Gasteiger partial charge in [-0.1, -0.05) is 24.3 Å². The topological polar surface area (TPSA) is 113 Å². The minimum atomic E-state index is -1.11. The van der Waals surface area contributed by atoms with Gasteiger partial charge < -0.3 is 13.7 Å². The summed E-state index contributed by atoms with van der Waals surface area (Å²) in [6, 6.07) is 14.7. The van der Waals surface area contributed by atoms with Crippen LogP contribution >= 0.6 is 0 Å². The number of para-hydroxylation sites is 1. The summed E-state index contributed by atoms with van der Waals surface area (Å²) in [6.07, 6.45) is 3.25. The van der Waals surface area contributed by atoms with Gasteiger partial charge in [0.15, 0.2) is 0 Å². The van der Waals surface area contributed by atoms with E-state index in [1.54, 1.807) is 30.6 Å². The molecule has 136 valence electrons. The van der Waals surface area contributed by atoms with E-state index in [4.69, 9.17) is 13.7 Å². The zero-order valence-electron chi connectivity index (χ0n) is 14.1. The van der Waals surface area contributed by atoms with Crippen LogP contribution in [0, 0.1) is 0 Å². The molecule has 5 rings (SSSR count). The first-order valence-corrected chi connectivity index (χ1v) is 8.20. The normalized spacial score (nSPS) is 11.1. The number of hydrogen-bond donors (Lipinski definition) is 0. The maximum Gasteiger partial charge on any atom is 0.442 e. The Bertz CT molecular complexity index is 1420. The second kappa shape index (κ2) is 6.16. The van der Waals surface area contributed by atoms with Crippen LogP contribution in [0.25, 0.3) is 28.0 Å². The molecule has 0 bridgehead atoms. The standard InChI is InChI=1S/C19H10N4O5/c24-16-17(25)28-23-15-7-6-11(8-14(15)22-19(23)27-16)12-9-20-18(21-10-12)26-13-4-2-1-3-5-13/h1-10H. The summed E-state index contributed by atoms with van der Waals surface area (Å²) in [5, 5.41) is 0. The monoisotopic (exact) mass is 374 g/mol. The van der Waals surface area contributed by atoms with Crippen LogP contribution in [-0.4, -0.2) is 19.5 Å². The summed E-state index contributed by atoms with van der Waals surface area (Å²) in [4.78, 5) is 35.3. The number of rotatable bonds is 3. The Labute approximate surface area is 155 Å². The molecule has 0 aliphatic rings. The Balaban J connectivity index is 1.51. The number of aromatic nitrogens is 4. The van der Waals surface area contributed by atoms with Crippen molar-refractivity contribution >= 4 is 16.9 Å². The van der Waals surface area contributed by atoms with Crippen LogP contribution < -0.4 is 16.0 Å². The molecule has 0 fully saturated rings. The summed E-state index contributed by atoms with van der Waals surface area (Å²) >= 11 is 0. The molecule has 9 heteroatoms. The van der Waals surface area contributed by atoms with Crippen LogP contribution in [0.5, 0.6) is 11.8 Å². The van der Waals surface area contributed by atoms with Crippen molar-refractivity contribution in [3.8, 4) is 22.9 Å². The molecule has 0 aliphatic carbocycles. The molecule has 0 radical (unpaired) electrons. The van der Waals surface area contributed by atoms with E-state index in [2.05, 4.69) is 15.0 Å². The van der Waals surface area contributed by atoms with E-state index in [9.17, 15) is 9.59 Å². The van der Waals surface area contributed by atoms with E-state index in [1.165, 1.54) is 0 Å². The van der Waals surface area contributed by atoms with Crippen LogP contribution in [-0.2, 0) is 0 Å². The third kappa shape index (κ3) is 2.71. The van der Waals surface area contributed by atoms with Crippen LogP contribution in [0.1, 0.15) is 0 Å². The van der Waals surface area contributed by atoms with Gasteiger partial charge in [0, 0.05) is 18.0 Å². The Morgan fingerprint density at radius 3 is 2.46 bits per heavy atom. The molecule has 2 aromatic carbocycles. The SMILES string of the molecule is O=c1oc2nc3cc(-c4cnc(Oc5ccccc5)nc4)ccc3n2oc1=O. The van der Waals surface area contributed by atoms with Gasteiger partial charge in [-0.3, -0.25) is 0 Å². The highest BCUT2D eigenvalue weighted by Crippen LogP contribution is 2.25. The molecule has 0 unspecified atom stereocenters. The lowest BCUT2D eigenvalue weighted by Crippen LogP contribution is -2.23. The quantitative estimate of drug-likeness (QED) is 0.443. The molecule has 0 spiro atoms. The molecule has 0 saturated carbocycles. The summed E-state index contributed by atoms with van der Waals surface area (Å²) in [5.41, 5.74) is 0.294. The molecule has 0 N–H and O–H groups in total. The Morgan fingerprint density at radius 2 is 1.68 bits per heavy atom. The molecule has 5 aromatic rings. The summed E-state index contributed by atoms with van der Waals surface area (Å²) < 4.78 is 16.4. The molecule has 9 nitrogen and oxygen atoms in total. The Kier molecular flexibility index (Phi) is 3.51. The number of ether oxygens (including phenoxy) is 1. The van der Waals surface area contributed by atoms with Crippen molar-refractivity contribution in [3.05, 3.63) is 81.8 Å². The van der Waals surface area contributed by atoms with Crippen LogP contribution in [0.2, 0.25) is 0 Å². The highest BCUT2D eigenvalue weighted by Gasteiger charge is 2.13. The summed E-state index contributed by atoms with van der Waals surface area (Å²) in [5.74, 6) is 0.545. The van der Waals surface area contributed by atoms with Gasteiger partial charge in [0.05, 0.1) is 5.52 Å². The smallest absolute Gasteiger partial charge is 0.424 e. The van der Waals surface area contributed by atoms with Gasteiger partial charge >= 0.3 is 23.1 Å². The minimum Gasteiger partial charge on any atom is -0.424 e. The van der Waals surface area contributed by atoms with Crippen molar-refractivity contribution in [2.45, 2.75) is 0 Å². The van der Waals surface area contributed by atoms with E-state index in [0.717, 1.165) is 15.7 Å². The lowest BCUT2D eigenvalue weighted by molar-refractivity contribution is 0.283. The predicted octanol–water partition coefficient (Wildman–Crippen LogP) is 2.64. The largest absolute Gasteiger partial charge is 0.442 e. The second-order valence-electron chi connectivity index (χ2n) is 5.83. The molecule has 3 heterocycles. The summed E-state index contributed by atoms with van der Waals surface area (Å²) in [6.45, 7) is 0. The highest BCUT2D eigenvalue weighted by atomic mass is 16.6. The lowest BCUT2D eigenvalue weighted by atomic mass is 10.1. The molecule has 0 aliphatic heterocycles. The maximum atomic E-state index is 11.4. The number of imidazole rings is 1. The van der Waals surface area contributed by atoms with Crippen LogP contribution in [0.3, 0.4) is 0 Å². The Morgan fingerprint density at radius 1 is 0.893 bits per heavy atom. The number of benzene rings is 2. The first-order valence-electron chi connectivity index (χ1n) is 8.20. The van der Waals surface area contributed by atoms with Crippen molar-refractivity contribution in [1.82, 2.24) is 19.5 Å². The zero-order valence-corrected chi connectivity index (χ0v) is 14.1. The number of nitrogens with zero attached hydrogens (tertiary/aromatic N) is 4. The molecular formula is C19H10N4O5. The third-order valence-corrected chi connectivity index (χ3v) is 4.02. The van der Waals surface area contributed by atoms with Crippen molar-refractivity contribution in [2.75, 3.05) is 0 Å². The Hall–Kier alpha value is -4.27. The van der Waals surface area contributed by atoms with E-state index in [-0.39, 0.29) is 11.9 Å². The zero-order chi connectivity index (χ0) is 19.1. The van der Waals surface area contributed by atoms with Gasteiger partial charge in [-0.25, -0.2) is 19.6 Å². The predicted molar refractivity (Wildman–Crippen MR) is 97.3 cm³/mol. The second-order valence-corrected chi connectivity index (χ2v) is 5.83. The maximum absolute atomic E-state index is 11.4. The van der Waals surface area contributed by atoms with E-state index in [1.807, 2.05) is 30.3 Å². The van der Waals surface area contributed by atoms with Crippen LogP contribution in [0.4, 0.5) is 0 Å². The molecule has 0 saturated heterocycles. The molecular weight excluding hydrogens is 364 g/mol. The van der Waals surface area contributed by atoms with E-state index >= 15 is 0 Å². The van der Waals surface area contributed by atoms with Gasteiger partial charge in [-0.2, -0.15) is 4.98 Å². The average molecular weight is 374 g/mol. The van der Waals surface area contributed by atoms with Gasteiger partial charge in [0.25, 0.3) is 0 Å². The molecule has 0 amide bonds. The van der Waals surface area contributed by atoms with Gasteiger partial charge in [0.1, 0.15) is 11.3 Å². The first kappa shape index (κ1) is 15.9. The first-order chi connectivity index (χ1) is 13.7. The molecule has 0 atom stereocenters. The van der Waals surface area contributed by atoms with E-state index in [0.29, 0.717) is 16.8 Å². The van der Waals surface area contributed by atoms with Gasteiger partial charge in [0.2, 0.25) is 0 Å². The minimum absolute atomic E-state index is 0.0976. The van der Waals surface area contributed by atoms with Crippen LogP contribution in [0.15, 0.2) is 79.5 Å². The highest BCUT2D eigenvalue weighted by molar-refractivity contribution is 5.83. The summed E-state index contributed by atoms with van der Waals surface area (Å²) in [7, 11) is 0. The third-order valence-electron chi connectivity index (χ3n) is 4.02.